The Morgan fingerprint density at radius 3 is 2.17 bits per heavy atom. The smallest absolute Gasteiger partial charge is 0.262 e. The van der Waals surface area contributed by atoms with Crippen LogP contribution in [0.25, 0.3) is 0 Å². The fourth-order valence-electron chi connectivity index (χ4n) is 3.62. The highest BCUT2D eigenvalue weighted by Gasteiger charge is 2.44. The molecule has 0 aromatic heterocycles. The molecule has 0 radical (unpaired) electrons. The van der Waals surface area contributed by atoms with E-state index in [9.17, 15) is 18.8 Å². The molecule has 1 aliphatic heterocycles. The average molecular weight is 407 g/mol. The molecule has 30 heavy (non-hydrogen) atoms. The van der Waals surface area contributed by atoms with Crippen LogP contribution in [0.1, 0.15) is 47.4 Å². The Bertz CT molecular complexity index is 993. The lowest BCUT2D eigenvalue weighted by molar-refractivity contribution is -0.123. The van der Waals surface area contributed by atoms with Crippen molar-refractivity contribution in [1.29, 1.82) is 5.26 Å². The summed E-state index contributed by atoms with van der Waals surface area (Å²) in [5, 5.41) is 9.01. The van der Waals surface area contributed by atoms with Crippen LogP contribution in [0.15, 0.2) is 48.5 Å². The Hall–Kier alpha value is -3.53. The van der Waals surface area contributed by atoms with E-state index in [-0.39, 0.29) is 42.1 Å². The minimum atomic E-state index is -1.10. The lowest BCUT2D eigenvalue weighted by Crippen LogP contribution is -2.52. The van der Waals surface area contributed by atoms with Gasteiger partial charge in [0.15, 0.2) is 0 Å². The van der Waals surface area contributed by atoms with Gasteiger partial charge in [-0.2, -0.15) is 5.26 Å². The van der Waals surface area contributed by atoms with Crippen LogP contribution in [0.2, 0.25) is 0 Å². The van der Waals surface area contributed by atoms with Crippen LogP contribution in [0.5, 0.6) is 0 Å². The summed E-state index contributed by atoms with van der Waals surface area (Å²) in [4.78, 5) is 41.7. The van der Waals surface area contributed by atoms with Gasteiger partial charge in [-0.3, -0.25) is 19.3 Å². The number of anilines is 1. The molecule has 0 saturated heterocycles. The molecular formula is C23H22FN3O3. The number of carbonyl (C=O) groups excluding carboxylic acids is 3. The molecule has 0 unspecified atom stereocenters. The number of carbonyl (C=O) groups is 3. The molecule has 1 aliphatic rings. The Balaban J connectivity index is 2.03. The minimum absolute atomic E-state index is 0.0123. The predicted octanol–water partition coefficient (Wildman–Crippen LogP) is 3.78. The number of hydrogen-bond acceptors (Lipinski definition) is 4. The van der Waals surface area contributed by atoms with Crippen LogP contribution >= 0.6 is 0 Å². The van der Waals surface area contributed by atoms with E-state index in [1.165, 1.54) is 18.2 Å². The predicted molar refractivity (Wildman–Crippen MR) is 109 cm³/mol. The molecule has 0 fully saturated rings. The van der Waals surface area contributed by atoms with Gasteiger partial charge < -0.3 is 4.90 Å². The van der Waals surface area contributed by atoms with Crippen molar-refractivity contribution in [2.75, 3.05) is 11.4 Å². The zero-order valence-corrected chi connectivity index (χ0v) is 16.8. The molecule has 154 valence electrons. The summed E-state index contributed by atoms with van der Waals surface area (Å²) >= 11 is 0. The molecular weight excluding hydrogens is 385 g/mol. The van der Waals surface area contributed by atoms with E-state index in [1.807, 2.05) is 19.9 Å². The molecule has 0 saturated carbocycles. The lowest BCUT2D eigenvalue weighted by atomic mass is 10.0. The van der Waals surface area contributed by atoms with Crippen LogP contribution in [0.3, 0.4) is 0 Å². The highest BCUT2D eigenvalue weighted by Crippen LogP contribution is 2.29. The van der Waals surface area contributed by atoms with Crippen molar-refractivity contribution in [1.82, 2.24) is 4.90 Å². The van der Waals surface area contributed by atoms with Gasteiger partial charge in [0.2, 0.25) is 5.91 Å². The molecule has 0 N–H and O–H groups in total. The van der Waals surface area contributed by atoms with Gasteiger partial charge in [0.25, 0.3) is 11.8 Å². The first-order chi connectivity index (χ1) is 14.4. The Morgan fingerprint density at radius 2 is 1.63 bits per heavy atom. The van der Waals surface area contributed by atoms with Crippen molar-refractivity contribution in [3.8, 4) is 6.07 Å². The first-order valence-corrected chi connectivity index (χ1v) is 9.76. The molecule has 3 rings (SSSR count). The number of fused-ring (bicyclic) bond motifs is 1. The molecule has 0 aliphatic carbocycles. The highest BCUT2D eigenvalue weighted by molar-refractivity contribution is 6.23. The average Bonchev–Trinajstić information content (AvgIpc) is 2.98. The van der Waals surface area contributed by atoms with Gasteiger partial charge in [-0.05, 0) is 36.6 Å². The molecule has 3 amide bonds. The van der Waals surface area contributed by atoms with Gasteiger partial charge in [-0.25, -0.2) is 4.39 Å². The Labute approximate surface area is 174 Å². The lowest BCUT2D eigenvalue weighted by Gasteiger charge is -2.32. The highest BCUT2D eigenvalue weighted by atomic mass is 19.1. The zero-order valence-electron chi connectivity index (χ0n) is 16.8. The maximum atomic E-state index is 14.5. The molecule has 6 nitrogen and oxygen atoms in total. The number of rotatable bonds is 7. The Morgan fingerprint density at radius 1 is 1.07 bits per heavy atom. The number of halogens is 1. The summed E-state index contributed by atoms with van der Waals surface area (Å²) in [5.41, 5.74) is 0.514. The summed E-state index contributed by atoms with van der Waals surface area (Å²) in [6, 6.07) is 13.0. The van der Waals surface area contributed by atoms with E-state index in [0.717, 1.165) is 9.80 Å². The SMILES string of the molecule is CC(C)C[C@@H](C(=O)N(CCC#N)c1ccccc1F)N1C(=O)c2ccccc2C1=O. The summed E-state index contributed by atoms with van der Waals surface area (Å²) in [7, 11) is 0. The standard InChI is InChI=1S/C23H22FN3O3/c1-15(2)14-20(27-21(28)16-8-3-4-9-17(16)22(27)29)23(30)26(13-7-12-25)19-11-6-5-10-18(19)24/h3-6,8-11,15,20H,7,13-14H2,1-2H3/t20-/m0/s1. The number of benzene rings is 2. The van der Waals surface area contributed by atoms with Crippen LogP contribution < -0.4 is 4.90 Å². The van der Waals surface area contributed by atoms with Crippen LogP contribution in [0.4, 0.5) is 10.1 Å². The monoisotopic (exact) mass is 407 g/mol. The third kappa shape index (κ3) is 3.94. The number of imide groups is 1. The first kappa shape index (κ1) is 21.2. The molecule has 0 spiro atoms. The first-order valence-electron chi connectivity index (χ1n) is 9.76. The topological polar surface area (TPSA) is 81.5 Å². The minimum Gasteiger partial charge on any atom is -0.307 e. The Kier molecular flexibility index (Phi) is 6.26. The van der Waals surface area contributed by atoms with E-state index >= 15 is 0 Å². The van der Waals surface area contributed by atoms with E-state index in [0.29, 0.717) is 0 Å². The normalized spacial score (nSPS) is 13.9. The second kappa shape index (κ2) is 8.87. The van der Waals surface area contributed by atoms with Crippen molar-refractivity contribution in [2.24, 2.45) is 5.92 Å². The molecule has 7 heteroatoms. The van der Waals surface area contributed by atoms with Crippen molar-refractivity contribution < 1.29 is 18.8 Å². The van der Waals surface area contributed by atoms with E-state index in [4.69, 9.17) is 5.26 Å². The van der Waals surface area contributed by atoms with Gasteiger partial charge in [0.1, 0.15) is 11.9 Å². The van der Waals surface area contributed by atoms with Crippen molar-refractivity contribution in [3.63, 3.8) is 0 Å². The summed E-state index contributed by atoms with van der Waals surface area (Å²) < 4.78 is 14.5. The fourth-order valence-corrected chi connectivity index (χ4v) is 3.62. The van der Waals surface area contributed by atoms with Crippen molar-refractivity contribution in [3.05, 3.63) is 65.5 Å². The molecule has 2 aromatic rings. The number of nitriles is 1. The van der Waals surface area contributed by atoms with Gasteiger partial charge in [-0.1, -0.05) is 38.1 Å². The molecule has 0 bridgehead atoms. The second-order valence-electron chi connectivity index (χ2n) is 7.52. The van der Waals surface area contributed by atoms with Crippen LogP contribution in [0, 0.1) is 23.1 Å². The third-order valence-corrected chi connectivity index (χ3v) is 4.97. The largest absolute Gasteiger partial charge is 0.307 e. The van der Waals surface area contributed by atoms with Gasteiger partial charge in [-0.15, -0.1) is 0 Å². The van der Waals surface area contributed by atoms with Crippen LogP contribution in [-0.2, 0) is 4.79 Å². The third-order valence-electron chi connectivity index (χ3n) is 4.97. The van der Waals surface area contributed by atoms with E-state index in [2.05, 4.69) is 0 Å². The number of hydrogen-bond donors (Lipinski definition) is 0. The van der Waals surface area contributed by atoms with Crippen molar-refractivity contribution >= 4 is 23.4 Å². The van der Waals surface area contributed by atoms with Gasteiger partial charge in [0, 0.05) is 6.54 Å². The maximum absolute atomic E-state index is 14.5. The summed E-state index contributed by atoms with van der Waals surface area (Å²) in [6.07, 6.45) is 0.207. The van der Waals surface area contributed by atoms with Gasteiger partial charge >= 0.3 is 0 Å². The molecule has 1 atom stereocenters. The fraction of sp³-hybridized carbons (Fsp3) is 0.304. The van der Waals surface area contributed by atoms with Gasteiger partial charge in [0.05, 0.1) is 29.3 Å². The molecule has 1 heterocycles. The van der Waals surface area contributed by atoms with Crippen LogP contribution in [-0.4, -0.2) is 35.2 Å². The number of para-hydroxylation sites is 1. The second-order valence-corrected chi connectivity index (χ2v) is 7.52. The van der Waals surface area contributed by atoms with E-state index < -0.39 is 29.6 Å². The van der Waals surface area contributed by atoms with E-state index in [1.54, 1.807) is 30.3 Å². The quantitative estimate of drug-likeness (QED) is 0.654. The number of amides is 3. The maximum Gasteiger partial charge on any atom is 0.262 e. The zero-order chi connectivity index (χ0) is 21.8. The number of nitrogens with zero attached hydrogens (tertiary/aromatic N) is 3. The molecule has 2 aromatic carbocycles. The van der Waals surface area contributed by atoms with Crippen molar-refractivity contribution in [2.45, 2.75) is 32.7 Å². The summed E-state index contributed by atoms with van der Waals surface area (Å²) in [6.45, 7) is 3.70. The summed E-state index contributed by atoms with van der Waals surface area (Å²) in [5.74, 6) is -2.29.